The molecule has 0 saturated heterocycles. The van der Waals surface area contributed by atoms with E-state index in [-0.39, 0.29) is 5.68 Å². The van der Waals surface area contributed by atoms with Crippen LogP contribution >= 0.6 is 0 Å². The van der Waals surface area contributed by atoms with E-state index < -0.39 is 17.0 Å². The molecule has 0 spiro atoms. The lowest BCUT2D eigenvalue weighted by Crippen LogP contribution is -2.52. The molecule has 0 aromatic carbocycles. The van der Waals surface area contributed by atoms with E-state index in [1.54, 1.807) is 27.7 Å². The zero-order valence-electron chi connectivity index (χ0n) is 10.3. The predicted octanol–water partition coefficient (Wildman–Crippen LogP) is -0.0916. The van der Waals surface area contributed by atoms with Gasteiger partial charge in [0.25, 0.3) is 0 Å². The van der Waals surface area contributed by atoms with Gasteiger partial charge in [-0.05, 0) is 27.7 Å². The number of hydrogen-bond donors (Lipinski definition) is 0. The Morgan fingerprint density at radius 3 is 2.25 bits per heavy atom. The summed E-state index contributed by atoms with van der Waals surface area (Å²) in [5, 5.41) is 0. The van der Waals surface area contributed by atoms with Crippen molar-refractivity contribution >= 4 is 0 Å². The molecule has 0 amide bonds. The average molecular weight is 227 g/mol. The highest BCUT2D eigenvalue weighted by atomic mass is 16.4. The Morgan fingerprint density at radius 1 is 1.31 bits per heavy atom. The fourth-order valence-corrected chi connectivity index (χ4v) is 1.46. The summed E-state index contributed by atoms with van der Waals surface area (Å²) in [5.74, 6) is -0.678. The van der Waals surface area contributed by atoms with Crippen molar-refractivity contribution in [1.82, 2.24) is 9.13 Å². The van der Waals surface area contributed by atoms with Crippen LogP contribution in [0.25, 0.3) is 0 Å². The minimum atomic E-state index is -0.678. The maximum atomic E-state index is 12.1. The summed E-state index contributed by atoms with van der Waals surface area (Å²) >= 11 is 0. The van der Waals surface area contributed by atoms with Crippen LogP contribution < -0.4 is 17.1 Å². The molecule has 0 fully saturated rings. The van der Waals surface area contributed by atoms with E-state index in [9.17, 15) is 9.59 Å². The third kappa shape index (κ3) is 2.00. The lowest BCUT2D eigenvalue weighted by Gasteiger charge is -2.20. The topological polar surface area (TPSA) is 69.5 Å². The molecule has 0 atom stereocenters. The molecule has 0 aliphatic rings. The molecule has 1 heterocycles. The van der Waals surface area contributed by atoms with Crippen LogP contribution in [0.3, 0.4) is 0 Å². The quantitative estimate of drug-likeness (QED) is 0.673. The van der Waals surface area contributed by atoms with Crippen molar-refractivity contribution < 1.29 is 4.42 Å². The normalized spacial score (nSPS) is 13.2. The Morgan fingerprint density at radius 2 is 1.88 bits per heavy atom. The van der Waals surface area contributed by atoms with E-state index in [0.717, 1.165) is 4.57 Å². The summed E-state index contributed by atoms with van der Waals surface area (Å²) < 4.78 is 7.41. The van der Waals surface area contributed by atoms with E-state index in [4.69, 9.17) is 4.42 Å². The van der Waals surface area contributed by atoms with Gasteiger partial charge in [0.05, 0.1) is 0 Å². The van der Waals surface area contributed by atoms with Crippen LogP contribution in [-0.4, -0.2) is 16.2 Å². The van der Waals surface area contributed by atoms with Crippen LogP contribution in [0.5, 0.6) is 0 Å². The lowest BCUT2D eigenvalue weighted by molar-refractivity contribution is 0.251. The molecular formula is C10H17N3O3. The van der Waals surface area contributed by atoms with Crippen molar-refractivity contribution in [2.45, 2.75) is 39.8 Å². The van der Waals surface area contributed by atoms with Crippen molar-refractivity contribution in [3.63, 3.8) is 0 Å². The van der Waals surface area contributed by atoms with Gasteiger partial charge in [-0.15, -0.1) is 0 Å². The number of hydrogen-bond acceptors (Lipinski definition) is 4. The molecule has 1 rings (SSSR count). The van der Waals surface area contributed by atoms with Gasteiger partial charge in [0, 0.05) is 19.1 Å². The zero-order valence-corrected chi connectivity index (χ0v) is 10.3. The number of rotatable bonds is 1. The van der Waals surface area contributed by atoms with Gasteiger partial charge in [-0.1, -0.05) is 0 Å². The first-order valence-electron chi connectivity index (χ1n) is 5.13. The highest BCUT2D eigenvalue weighted by Crippen LogP contribution is 2.06. The van der Waals surface area contributed by atoms with Crippen molar-refractivity contribution in [2.75, 3.05) is 7.05 Å². The molecule has 0 aliphatic carbocycles. The molecule has 6 heteroatoms. The van der Waals surface area contributed by atoms with Crippen LogP contribution in [0.15, 0.2) is 19.0 Å². The molecule has 0 aliphatic heterocycles. The lowest BCUT2D eigenvalue weighted by atomic mass is 10.1. The van der Waals surface area contributed by atoms with Crippen LogP contribution in [0.2, 0.25) is 0 Å². The van der Waals surface area contributed by atoms with Crippen LogP contribution in [0, 0.1) is 0 Å². The molecule has 6 nitrogen and oxygen atoms in total. The van der Waals surface area contributed by atoms with Gasteiger partial charge in [-0.25, -0.2) is 23.7 Å². The van der Waals surface area contributed by atoms with E-state index in [1.165, 1.54) is 11.6 Å². The van der Waals surface area contributed by atoms with Gasteiger partial charge in [0.1, 0.15) is 0 Å². The summed E-state index contributed by atoms with van der Waals surface area (Å²) in [5.41, 5.74) is -0.953. The van der Waals surface area contributed by atoms with Gasteiger partial charge in [0.15, 0.2) is 0 Å². The number of aromatic nitrogens is 2. The highest BCUT2D eigenvalue weighted by molar-refractivity contribution is 4.79. The summed E-state index contributed by atoms with van der Waals surface area (Å²) in [6.07, 6.45) is 0. The maximum Gasteiger partial charge on any atom is 0.426 e. The van der Waals surface area contributed by atoms with Gasteiger partial charge in [-0.3, -0.25) is 0 Å². The maximum absolute atomic E-state index is 12.1. The Bertz CT molecular complexity index is 554. The molecule has 0 radical (unpaired) electrons. The van der Waals surface area contributed by atoms with Crippen LogP contribution in [-0.2, 0) is 12.1 Å². The Balaban J connectivity index is 3.83. The molecule has 0 N–H and O–H groups in total. The average Bonchev–Trinajstić information content (AvgIpc) is 2.14. The zero-order chi connectivity index (χ0) is 12.5. The first kappa shape index (κ1) is 12.5. The monoisotopic (exact) mass is 227 g/mol. The van der Waals surface area contributed by atoms with Crippen molar-refractivity contribution in [3.8, 4) is 0 Å². The molecule has 0 bridgehead atoms. The molecular weight excluding hydrogens is 210 g/mol. The SMILES string of the molecule is CCn1c(=NC)oc(=O)n(C(C)(C)C)c1=O. The van der Waals surface area contributed by atoms with E-state index in [0.29, 0.717) is 6.54 Å². The molecule has 16 heavy (non-hydrogen) atoms. The second-order valence-corrected chi connectivity index (χ2v) is 4.41. The molecule has 1 aromatic rings. The first-order chi connectivity index (χ1) is 7.32. The summed E-state index contributed by atoms with van der Waals surface area (Å²) in [7, 11) is 1.48. The molecule has 0 unspecified atom stereocenters. The fraction of sp³-hybridized carbons (Fsp3) is 0.700. The smallest absolute Gasteiger partial charge is 0.375 e. The summed E-state index contributed by atoms with van der Waals surface area (Å²) in [6.45, 7) is 7.52. The van der Waals surface area contributed by atoms with Gasteiger partial charge < -0.3 is 4.42 Å². The second-order valence-electron chi connectivity index (χ2n) is 4.41. The molecule has 90 valence electrons. The Labute approximate surface area is 92.9 Å². The van der Waals surface area contributed by atoms with E-state index >= 15 is 0 Å². The summed E-state index contributed by atoms with van der Waals surface area (Å²) in [6, 6.07) is 0. The second kappa shape index (κ2) is 4.11. The van der Waals surface area contributed by atoms with Gasteiger partial charge in [-0.2, -0.15) is 0 Å². The minimum Gasteiger partial charge on any atom is -0.375 e. The van der Waals surface area contributed by atoms with Crippen molar-refractivity contribution in [3.05, 3.63) is 26.7 Å². The van der Waals surface area contributed by atoms with Gasteiger partial charge >= 0.3 is 17.1 Å². The highest BCUT2D eigenvalue weighted by Gasteiger charge is 2.21. The molecule has 1 aromatic heterocycles. The van der Waals surface area contributed by atoms with Crippen LogP contribution in [0.4, 0.5) is 0 Å². The minimum absolute atomic E-state index is 0.0537. The van der Waals surface area contributed by atoms with E-state index in [2.05, 4.69) is 4.99 Å². The first-order valence-corrected chi connectivity index (χ1v) is 5.13. The summed E-state index contributed by atoms with van der Waals surface area (Å²) in [4.78, 5) is 27.5. The standard InChI is InChI=1S/C10H17N3O3/c1-6-12-7(11-5)16-9(15)13(8(12)14)10(2,3)4/h6H2,1-5H3. The van der Waals surface area contributed by atoms with Gasteiger partial charge in [0.2, 0.25) is 0 Å². The number of nitrogens with zero attached hydrogens (tertiary/aromatic N) is 3. The van der Waals surface area contributed by atoms with E-state index in [1.807, 2.05) is 0 Å². The third-order valence-corrected chi connectivity index (χ3v) is 2.19. The third-order valence-electron chi connectivity index (χ3n) is 2.19. The largest absolute Gasteiger partial charge is 0.426 e. The van der Waals surface area contributed by atoms with Crippen LogP contribution in [0.1, 0.15) is 27.7 Å². The predicted molar refractivity (Wildman–Crippen MR) is 59.4 cm³/mol. The Hall–Kier alpha value is -1.59. The van der Waals surface area contributed by atoms with Crippen molar-refractivity contribution in [2.24, 2.45) is 4.99 Å². The fourth-order valence-electron chi connectivity index (χ4n) is 1.46. The van der Waals surface area contributed by atoms with Crippen molar-refractivity contribution in [1.29, 1.82) is 0 Å². The molecule has 0 saturated carbocycles. The Kier molecular flexibility index (Phi) is 3.21.